The van der Waals surface area contributed by atoms with Crippen molar-refractivity contribution < 1.29 is 0 Å². The van der Waals surface area contributed by atoms with Crippen LogP contribution in [-0.2, 0) is 0 Å². The largest absolute Gasteiger partial charge is 0.286 e. The van der Waals surface area contributed by atoms with Crippen molar-refractivity contribution in [3.05, 3.63) is 0 Å². The van der Waals surface area contributed by atoms with Gasteiger partial charge in [-0.15, -0.1) is 0 Å². The van der Waals surface area contributed by atoms with Gasteiger partial charge in [-0.2, -0.15) is 0 Å². The van der Waals surface area contributed by atoms with Gasteiger partial charge in [0, 0.05) is 40.2 Å². The van der Waals surface area contributed by atoms with Crippen LogP contribution in [0.15, 0.2) is 0 Å². The molecule has 2 aliphatic heterocycles. The van der Waals surface area contributed by atoms with Crippen molar-refractivity contribution in [3.63, 3.8) is 0 Å². The van der Waals surface area contributed by atoms with E-state index < -0.39 is 0 Å². The maximum atomic E-state index is 2.84. The number of hydrogen-bond acceptors (Lipinski definition) is 2. The van der Waals surface area contributed by atoms with Crippen molar-refractivity contribution in [2.45, 2.75) is 96.2 Å². The van der Waals surface area contributed by atoms with E-state index >= 15 is 0 Å². The first-order valence-corrected chi connectivity index (χ1v) is 9.22. The minimum atomic E-state index is 0.751. The van der Waals surface area contributed by atoms with Crippen molar-refractivity contribution in [2.75, 3.05) is 0 Å². The summed E-state index contributed by atoms with van der Waals surface area (Å²) in [5.41, 5.74) is 0. The molecule has 0 aromatic rings. The van der Waals surface area contributed by atoms with E-state index in [4.69, 9.17) is 0 Å². The van der Waals surface area contributed by atoms with Gasteiger partial charge in [0.05, 0.1) is 0 Å². The highest BCUT2D eigenvalue weighted by molar-refractivity contribution is 6.11. The van der Waals surface area contributed by atoms with Crippen LogP contribution in [0.1, 0.15) is 66.2 Å². The maximum Gasteiger partial charge on any atom is 0.0429 e. The van der Waals surface area contributed by atoms with Crippen LogP contribution in [0.3, 0.4) is 0 Å². The summed E-state index contributed by atoms with van der Waals surface area (Å²) in [4.78, 5) is 5.68. The van der Waals surface area contributed by atoms with Crippen molar-refractivity contribution in [3.8, 4) is 0 Å². The molecule has 0 aromatic carbocycles. The minimum Gasteiger partial charge on any atom is -0.286 e. The van der Waals surface area contributed by atoms with Crippen molar-refractivity contribution in [1.29, 1.82) is 0 Å². The van der Waals surface area contributed by atoms with Crippen LogP contribution in [0.4, 0.5) is 0 Å². The van der Waals surface area contributed by atoms with Crippen molar-refractivity contribution in [2.24, 2.45) is 0 Å². The van der Waals surface area contributed by atoms with Gasteiger partial charge in [0.1, 0.15) is 0 Å². The SMILES string of the molecule is CC1CCCC(C)N1C([SiH3])N1C(C)CCCC1C. The second-order valence-corrected chi connectivity index (χ2v) is 7.82. The molecule has 2 saturated heterocycles. The van der Waals surface area contributed by atoms with Gasteiger partial charge in [0.15, 0.2) is 0 Å². The highest BCUT2D eigenvalue weighted by atomic mass is 28.1. The van der Waals surface area contributed by atoms with Gasteiger partial charge >= 0.3 is 0 Å². The smallest absolute Gasteiger partial charge is 0.0429 e. The topological polar surface area (TPSA) is 6.48 Å². The number of likely N-dealkylation sites (tertiary alicyclic amines) is 2. The molecule has 4 atom stereocenters. The van der Waals surface area contributed by atoms with Crippen LogP contribution < -0.4 is 0 Å². The maximum absolute atomic E-state index is 2.84. The Labute approximate surface area is 117 Å². The van der Waals surface area contributed by atoms with Gasteiger partial charge in [-0.05, 0) is 53.4 Å². The van der Waals surface area contributed by atoms with Crippen molar-refractivity contribution in [1.82, 2.24) is 9.80 Å². The normalized spacial score (nSPS) is 42.0. The Kier molecular flexibility index (Phi) is 4.90. The van der Waals surface area contributed by atoms with Gasteiger partial charge in [-0.25, -0.2) is 0 Å². The average molecular weight is 269 g/mol. The van der Waals surface area contributed by atoms with Crippen LogP contribution in [0.25, 0.3) is 0 Å². The fourth-order valence-electron chi connectivity index (χ4n) is 4.51. The van der Waals surface area contributed by atoms with Gasteiger partial charge in [0.25, 0.3) is 0 Å². The fraction of sp³-hybridized carbons (Fsp3) is 1.00. The van der Waals surface area contributed by atoms with Gasteiger partial charge in [-0.1, -0.05) is 12.8 Å². The number of hydrogen-bond donors (Lipinski definition) is 0. The molecule has 18 heavy (non-hydrogen) atoms. The molecule has 2 aliphatic rings. The summed E-state index contributed by atoms with van der Waals surface area (Å²) in [5, 5.41) is 0. The molecule has 0 saturated carbocycles. The summed E-state index contributed by atoms with van der Waals surface area (Å²) in [7, 11) is 1.28. The first-order chi connectivity index (χ1) is 8.52. The molecule has 2 rings (SSSR count). The molecule has 4 unspecified atom stereocenters. The van der Waals surface area contributed by atoms with E-state index in [1.165, 1.54) is 48.8 Å². The second kappa shape index (κ2) is 6.06. The summed E-state index contributed by atoms with van der Waals surface area (Å²) in [6, 6.07) is 3.16. The Bertz CT molecular complexity index is 225. The van der Waals surface area contributed by atoms with E-state index in [0.29, 0.717) is 0 Å². The highest BCUT2D eigenvalue weighted by Crippen LogP contribution is 2.30. The molecule has 0 bridgehead atoms. The Morgan fingerprint density at radius 3 is 1.28 bits per heavy atom. The molecule has 0 aromatic heterocycles. The van der Waals surface area contributed by atoms with Crippen LogP contribution in [0.5, 0.6) is 0 Å². The zero-order valence-electron chi connectivity index (χ0n) is 13.0. The Hall–Kier alpha value is 0.137. The molecular weight excluding hydrogens is 236 g/mol. The third kappa shape index (κ3) is 2.83. The molecule has 0 N–H and O–H groups in total. The first kappa shape index (κ1) is 14.5. The van der Waals surface area contributed by atoms with Gasteiger partial charge < -0.3 is 0 Å². The predicted molar refractivity (Wildman–Crippen MR) is 83.0 cm³/mol. The predicted octanol–water partition coefficient (Wildman–Crippen LogP) is 2.16. The Balaban J connectivity index is 2.10. The molecule has 0 spiro atoms. The zero-order valence-corrected chi connectivity index (χ0v) is 15.0. The third-order valence-corrected chi connectivity index (χ3v) is 6.58. The van der Waals surface area contributed by atoms with E-state index in [9.17, 15) is 0 Å². The van der Waals surface area contributed by atoms with E-state index in [-0.39, 0.29) is 0 Å². The lowest BCUT2D eigenvalue weighted by Crippen LogP contribution is -2.62. The van der Waals surface area contributed by atoms with Crippen LogP contribution in [-0.4, -0.2) is 50.0 Å². The minimum absolute atomic E-state index is 0.751. The third-order valence-electron chi connectivity index (χ3n) is 5.39. The van der Waals surface area contributed by atoms with E-state index in [0.717, 1.165) is 30.0 Å². The Morgan fingerprint density at radius 1 is 0.722 bits per heavy atom. The van der Waals surface area contributed by atoms with Crippen molar-refractivity contribution >= 4 is 10.2 Å². The monoisotopic (exact) mass is 268 g/mol. The van der Waals surface area contributed by atoms with Crippen LogP contribution in [0.2, 0.25) is 0 Å². The van der Waals surface area contributed by atoms with E-state index in [1.54, 1.807) is 0 Å². The first-order valence-electron chi connectivity index (χ1n) is 8.07. The summed E-state index contributed by atoms with van der Waals surface area (Å²) in [5.74, 6) is 0.751. The average Bonchev–Trinajstić information content (AvgIpc) is 2.28. The number of rotatable bonds is 2. The van der Waals surface area contributed by atoms with Gasteiger partial charge in [-0.3, -0.25) is 9.80 Å². The fourth-order valence-corrected chi connectivity index (χ4v) is 6.55. The lowest BCUT2D eigenvalue weighted by Gasteiger charge is -2.52. The number of nitrogens with zero attached hydrogens (tertiary/aromatic N) is 2. The summed E-state index contributed by atoms with van der Waals surface area (Å²) >= 11 is 0. The lowest BCUT2D eigenvalue weighted by molar-refractivity contribution is -0.0370. The van der Waals surface area contributed by atoms with E-state index in [2.05, 4.69) is 37.5 Å². The molecule has 2 fully saturated rings. The summed E-state index contributed by atoms with van der Waals surface area (Å²) < 4.78 is 0. The molecule has 2 nitrogen and oxygen atoms in total. The summed E-state index contributed by atoms with van der Waals surface area (Å²) in [6.07, 6.45) is 8.47. The highest BCUT2D eigenvalue weighted by Gasteiger charge is 2.36. The zero-order chi connectivity index (χ0) is 13.3. The van der Waals surface area contributed by atoms with Gasteiger partial charge in [0.2, 0.25) is 0 Å². The second-order valence-electron chi connectivity index (χ2n) is 6.78. The van der Waals surface area contributed by atoms with Crippen LogP contribution >= 0.6 is 0 Å². The number of piperidine rings is 2. The molecule has 0 amide bonds. The van der Waals surface area contributed by atoms with E-state index in [1.807, 2.05) is 0 Å². The molecular formula is C15H32N2Si. The molecule has 2 heterocycles. The molecule has 0 aliphatic carbocycles. The molecule has 3 heteroatoms. The Morgan fingerprint density at radius 2 is 1.00 bits per heavy atom. The lowest BCUT2D eigenvalue weighted by atomic mass is 9.95. The van der Waals surface area contributed by atoms with Crippen LogP contribution in [0, 0.1) is 0 Å². The standard InChI is InChI=1S/C15H32N2Si/c1-11-7-5-8-12(2)16(11)15(18)17-13(3)9-6-10-14(17)4/h11-15H,5-10H2,1-4,18H3. The quantitative estimate of drug-likeness (QED) is 0.708. The molecule has 106 valence electrons. The summed E-state index contributed by atoms with van der Waals surface area (Å²) in [6.45, 7) is 9.78. The molecule has 0 radical (unpaired) electrons.